The summed E-state index contributed by atoms with van der Waals surface area (Å²) in [6.45, 7) is 0. The predicted molar refractivity (Wildman–Crippen MR) is 190 cm³/mol. The van der Waals surface area contributed by atoms with Crippen molar-refractivity contribution >= 4 is 85.8 Å². The zero-order valence-electron chi connectivity index (χ0n) is 23.7. The fraction of sp³-hybridized carbons (Fsp3) is 0. The maximum Gasteiger partial charge on any atom is 0.136 e. The summed E-state index contributed by atoms with van der Waals surface area (Å²) in [6.07, 6.45) is 0. The van der Waals surface area contributed by atoms with Gasteiger partial charge in [0.05, 0.1) is 0 Å². The number of hydrogen-bond donors (Lipinski definition) is 0. The summed E-state index contributed by atoms with van der Waals surface area (Å²) in [4.78, 5) is 0. The summed E-state index contributed by atoms with van der Waals surface area (Å²) in [5, 5.41) is 12.4. The van der Waals surface area contributed by atoms with Crippen molar-refractivity contribution in [2.45, 2.75) is 0 Å². The van der Waals surface area contributed by atoms with Crippen LogP contribution in [-0.4, -0.2) is 0 Å². The first-order valence-corrected chi connectivity index (χ1v) is 15.8. The summed E-state index contributed by atoms with van der Waals surface area (Å²) in [7, 11) is 0. The Hall–Kier alpha value is -5.44. The standard InChI is InChI=1S/C42H24OS/c1-2-11-26-24-38-36(22-25(26)10-1)35-23-27(20-21-37(35)43-38)40-29-13-3-5-15-31(29)41(32-16-6-4-14-30(32)40)34-18-9-17-33-28-12-7-8-19-39(28)44-42(33)34/h1-24H. The first-order chi connectivity index (χ1) is 21.8. The predicted octanol–water partition coefficient (Wildman–Crippen LogP) is 12.7. The molecule has 0 amide bonds. The Morgan fingerprint density at radius 3 is 1.73 bits per heavy atom. The van der Waals surface area contributed by atoms with Gasteiger partial charge in [0.2, 0.25) is 0 Å². The monoisotopic (exact) mass is 576 g/mol. The minimum absolute atomic E-state index is 0.917. The molecule has 0 saturated heterocycles. The van der Waals surface area contributed by atoms with Crippen LogP contribution in [0, 0.1) is 0 Å². The fourth-order valence-electron chi connectivity index (χ4n) is 7.29. The number of rotatable bonds is 2. The van der Waals surface area contributed by atoms with Gasteiger partial charge in [0, 0.05) is 36.5 Å². The van der Waals surface area contributed by atoms with E-state index >= 15 is 0 Å². The lowest BCUT2D eigenvalue weighted by molar-refractivity contribution is 0.669. The van der Waals surface area contributed by atoms with Crippen molar-refractivity contribution in [2.75, 3.05) is 0 Å². The van der Waals surface area contributed by atoms with E-state index in [2.05, 4.69) is 146 Å². The number of furan rings is 1. The summed E-state index contributed by atoms with van der Waals surface area (Å²) in [5.41, 5.74) is 6.91. The topological polar surface area (TPSA) is 13.1 Å². The molecule has 0 aliphatic rings. The van der Waals surface area contributed by atoms with Crippen molar-refractivity contribution in [3.63, 3.8) is 0 Å². The van der Waals surface area contributed by atoms with Crippen molar-refractivity contribution in [2.24, 2.45) is 0 Å². The van der Waals surface area contributed by atoms with Crippen LogP contribution in [0.5, 0.6) is 0 Å². The van der Waals surface area contributed by atoms with E-state index in [1.165, 1.54) is 74.7 Å². The SMILES string of the molecule is c1ccc2cc3c(cc2c1)oc1ccc(-c2c4ccccc4c(-c4cccc5c4sc4ccccc45)c4ccccc24)cc13. The lowest BCUT2D eigenvalue weighted by Gasteiger charge is -2.18. The van der Waals surface area contributed by atoms with Gasteiger partial charge in [-0.15, -0.1) is 11.3 Å². The average Bonchev–Trinajstić information content (AvgIpc) is 3.64. The Morgan fingerprint density at radius 1 is 0.386 bits per heavy atom. The molecule has 1 nitrogen and oxygen atoms in total. The molecule has 0 radical (unpaired) electrons. The Kier molecular flexibility index (Phi) is 4.94. The van der Waals surface area contributed by atoms with Crippen LogP contribution in [-0.2, 0) is 0 Å². The highest BCUT2D eigenvalue weighted by Gasteiger charge is 2.20. The molecular weight excluding hydrogens is 553 g/mol. The van der Waals surface area contributed by atoms with Gasteiger partial charge in [-0.1, -0.05) is 115 Å². The molecular formula is C42H24OS. The van der Waals surface area contributed by atoms with Crippen molar-refractivity contribution in [1.82, 2.24) is 0 Å². The zero-order valence-corrected chi connectivity index (χ0v) is 24.5. The Labute approximate surface area is 257 Å². The van der Waals surface area contributed by atoms with Crippen molar-refractivity contribution < 1.29 is 4.42 Å². The smallest absolute Gasteiger partial charge is 0.136 e. The Bertz CT molecular complexity index is 2720. The van der Waals surface area contributed by atoms with Gasteiger partial charge in [0.25, 0.3) is 0 Å². The van der Waals surface area contributed by atoms with Crippen LogP contribution in [0.3, 0.4) is 0 Å². The maximum absolute atomic E-state index is 6.37. The molecule has 0 unspecified atom stereocenters. The van der Waals surface area contributed by atoms with Gasteiger partial charge >= 0.3 is 0 Å². The molecule has 0 N–H and O–H groups in total. The molecule has 10 aromatic rings. The van der Waals surface area contributed by atoms with Gasteiger partial charge in [0.15, 0.2) is 0 Å². The van der Waals surface area contributed by atoms with E-state index in [0.717, 1.165) is 21.9 Å². The van der Waals surface area contributed by atoms with Gasteiger partial charge in [-0.05, 0) is 79.3 Å². The van der Waals surface area contributed by atoms with Gasteiger partial charge < -0.3 is 4.42 Å². The third-order valence-electron chi connectivity index (χ3n) is 9.23. The lowest BCUT2D eigenvalue weighted by atomic mass is 9.85. The van der Waals surface area contributed by atoms with Gasteiger partial charge in [0.1, 0.15) is 11.2 Å². The van der Waals surface area contributed by atoms with Gasteiger partial charge in [-0.25, -0.2) is 0 Å². The lowest BCUT2D eigenvalue weighted by Crippen LogP contribution is -1.91. The van der Waals surface area contributed by atoms with Crippen LogP contribution in [0.2, 0.25) is 0 Å². The number of fused-ring (bicyclic) bond motifs is 9. The van der Waals surface area contributed by atoms with Crippen LogP contribution in [0.1, 0.15) is 0 Å². The molecule has 44 heavy (non-hydrogen) atoms. The molecule has 0 bridgehead atoms. The summed E-state index contributed by atoms with van der Waals surface area (Å²) in [5.74, 6) is 0. The van der Waals surface area contributed by atoms with Crippen LogP contribution in [0.15, 0.2) is 150 Å². The largest absolute Gasteiger partial charge is 0.456 e. The molecule has 10 rings (SSSR count). The quantitative estimate of drug-likeness (QED) is 0.187. The van der Waals surface area contributed by atoms with Crippen LogP contribution < -0.4 is 0 Å². The van der Waals surface area contributed by atoms with E-state index in [0.29, 0.717) is 0 Å². The van der Waals surface area contributed by atoms with Crippen molar-refractivity contribution in [3.8, 4) is 22.3 Å². The normalized spacial score (nSPS) is 12.1. The molecule has 0 spiro atoms. The second kappa shape index (κ2) is 9.03. The van der Waals surface area contributed by atoms with Crippen LogP contribution in [0.25, 0.3) is 96.7 Å². The van der Waals surface area contributed by atoms with E-state index in [4.69, 9.17) is 4.42 Å². The molecule has 8 aromatic carbocycles. The molecule has 2 heterocycles. The Balaban J connectivity index is 1.30. The average molecular weight is 577 g/mol. The van der Waals surface area contributed by atoms with Crippen LogP contribution >= 0.6 is 11.3 Å². The fourth-order valence-corrected chi connectivity index (χ4v) is 8.51. The van der Waals surface area contributed by atoms with E-state index in [1.54, 1.807) is 0 Å². The molecule has 0 fully saturated rings. The summed E-state index contributed by atoms with van der Waals surface area (Å²) >= 11 is 1.89. The van der Waals surface area contributed by atoms with E-state index in [1.807, 2.05) is 11.3 Å². The van der Waals surface area contributed by atoms with Crippen LogP contribution in [0.4, 0.5) is 0 Å². The molecule has 2 heteroatoms. The van der Waals surface area contributed by atoms with Crippen molar-refractivity contribution in [3.05, 3.63) is 146 Å². The number of hydrogen-bond acceptors (Lipinski definition) is 2. The highest BCUT2D eigenvalue weighted by molar-refractivity contribution is 7.26. The van der Waals surface area contributed by atoms with Gasteiger partial charge in [-0.2, -0.15) is 0 Å². The van der Waals surface area contributed by atoms with Crippen molar-refractivity contribution in [1.29, 1.82) is 0 Å². The van der Waals surface area contributed by atoms with Gasteiger partial charge in [-0.3, -0.25) is 0 Å². The minimum atomic E-state index is 0.917. The second-order valence-corrected chi connectivity index (χ2v) is 12.7. The summed E-state index contributed by atoms with van der Waals surface area (Å²) in [6, 6.07) is 53.0. The first-order valence-electron chi connectivity index (χ1n) is 15.0. The van der Waals surface area contributed by atoms with E-state index < -0.39 is 0 Å². The first kappa shape index (κ1) is 24.0. The zero-order chi connectivity index (χ0) is 28.8. The molecule has 0 aliphatic carbocycles. The summed E-state index contributed by atoms with van der Waals surface area (Å²) < 4.78 is 9.04. The maximum atomic E-state index is 6.37. The third-order valence-corrected chi connectivity index (χ3v) is 10.5. The number of thiophene rings is 1. The second-order valence-electron chi connectivity index (χ2n) is 11.6. The highest BCUT2D eigenvalue weighted by atomic mass is 32.1. The third kappa shape index (κ3) is 3.35. The Morgan fingerprint density at radius 2 is 0.977 bits per heavy atom. The molecule has 0 saturated carbocycles. The minimum Gasteiger partial charge on any atom is -0.456 e. The molecule has 204 valence electrons. The molecule has 0 aliphatic heterocycles. The highest BCUT2D eigenvalue weighted by Crippen LogP contribution is 2.48. The van der Waals surface area contributed by atoms with E-state index in [9.17, 15) is 0 Å². The molecule has 2 aromatic heterocycles. The number of benzene rings is 8. The van der Waals surface area contributed by atoms with E-state index in [-0.39, 0.29) is 0 Å². The molecule has 0 atom stereocenters.